The first-order chi connectivity index (χ1) is 8.89. The smallest absolute Gasteiger partial charge is 0.123 e. The van der Waals surface area contributed by atoms with E-state index in [0.717, 1.165) is 25.1 Å². The molecule has 1 unspecified atom stereocenters. The molecule has 1 aromatic carbocycles. The Labute approximate surface area is 116 Å². The maximum Gasteiger partial charge on any atom is 0.123 e. The van der Waals surface area contributed by atoms with E-state index in [-0.39, 0.29) is 17.3 Å². The predicted molar refractivity (Wildman–Crippen MR) is 79.5 cm³/mol. The van der Waals surface area contributed by atoms with Crippen molar-refractivity contribution in [3.8, 4) is 0 Å². The molecule has 1 rings (SSSR count). The first kappa shape index (κ1) is 16.1. The second kappa shape index (κ2) is 7.01. The van der Waals surface area contributed by atoms with Crippen LogP contribution in [0.5, 0.6) is 0 Å². The molecule has 1 atom stereocenters. The van der Waals surface area contributed by atoms with Gasteiger partial charge in [-0.15, -0.1) is 0 Å². The second-order valence-electron chi connectivity index (χ2n) is 6.07. The molecule has 1 aromatic rings. The van der Waals surface area contributed by atoms with Gasteiger partial charge in [0.2, 0.25) is 0 Å². The highest BCUT2D eigenvalue weighted by atomic mass is 19.1. The standard InChI is InChI=1S/C16H27FN2/c1-5-10-19(12-16(3,4)11-18)13(2)14-6-8-15(17)9-7-14/h6-9,13H,5,10-12,18H2,1-4H3. The van der Waals surface area contributed by atoms with Crippen molar-refractivity contribution in [1.82, 2.24) is 4.90 Å². The number of rotatable bonds is 7. The first-order valence-electron chi connectivity index (χ1n) is 7.09. The Bertz CT molecular complexity index is 373. The molecule has 3 heteroatoms. The lowest BCUT2D eigenvalue weighted by molar-refractivity contribution is 0.140. The predicted octanol–water partition coefficient (Wildman–Crippen LogP) is 3.58. The van der Waals surface area contributed by atoms with E-state index in [1.165, 1.54) is 12.1 Å². The first-order valence-corrected chi connectivity index (χ1v) is 7.09. The van der Waals surface area contributed by atoms with Crippen LogP contribution >= 0.6 is 0 Å². The summed E-state index contributed by atoms with van der Waals surface area (Å²) < 4.78 is 13.0. The summed E-state index contributed by atoms with van der Waals surface area (Å²) in [5, 5.41) is 0. The molecule has 0 bridgehead atoms. The zero-order valence-electron chi connectivity index (χ0n) is 12.6. The van der Waals surface area contributed by atoms with Gasteiger partial charge in [0.25, 0.3) is 0 Å². The van der Waals surface area contributed by atoms with Gasteiger partial charge in [-0.1, -0.05) is 32.9 Å². The van der Waals surface area contributed by atoms with Crippen molar-refractivity contribution >= 4 is 0 Å². The van der Waals surface area contributed by atoms with Gasteiger partial charge in [-0.05, 0) is 49.5 Å². The Hall–Kier alpha value is -0.930. The van der Waals surface area contributed by atoms with Gasteiger partial charge >= 0.3 is 0 Å². The molecule has 19 heavy (non-hydrogen) atoms. The van der Waals surface area contributed by atoms with Crippen LogP contribution in [0.1, 0.15) is 45.7 Å². The Morgan fingerprint density at radius 3 is 2.32 bits per heavy atom. The van der Waals surface area contributed by atoms with Crippen molar-refractivity contribution in [3.05, 3.63) is 35.6 Å². The SMILES string of the molecule is CCCN(CC(C)(C)CN)C(C)c1ccc(F)cc1. The molecule has 0 aliphatic carbocycles. The van der Waals surface area contributed by atoms with E-state index in [4.69, 9.17) is 5.73 Å². The third kappa shape index (κ3) is 4.92. The van der Waals surface area contributed by atoms with E-state index in [0.29, 0.717) is 6.54 Å². The minimum absolute atomic E-state index is 0.101. The van der Waals surface area contributed by atoms with Crippen LogP contribution in [0.25, 0.3) is 0 Å². The lowest BCUT2D eigenvalue weighted by Gasteiger charge is -2.36. The number of nitrogens with zero attached hydrogens (tertiary/aromatic N) is 1. The van der Waals surface area contributed by atoms with Crippen LogP contribution in [0.15, 0.2) is 24.3 Å². The summed E-state index contributed by atoms with van der Waals surface area (Å²) in [6, 6.07) is 7.09. The van der Waals surface area contributed by atoms with E-state index < -0.39 is 0 Å². The van der Waals surface area contributed by atoms with E-state index in [9.17, 15) is 4.39 Å². The molecule has 0 saturated heterocycles. The van der Waals surface area contributed by atoms with Crippen LogP contribution in [-0.4, -0.2) is 24.5 Å². The highest BCUT2D eigenvalue weighted by molar-refractivity contribution is 5.19. The molecule has 0 saturated carbocycles. The lowest BCUT2D eigenvalue weighted by atomic mass is 9.91. The van der Waals surface area contributed by atoms with Crippen LogP contribution in [0.3, 0.4) is 0 Å². The van der Waals surface area contributed by atoms with Crippen molar-refractivity contribution in [2.24, 2.45) is 11.1 Å². The fourth-order valence-corrected chi connectivity index (χ4v) is 2.26. The van der Waals surface area contributed by atoms with Crippen LogP contribution in [0.2, 0.25) is 0 Å². The molecule has 0 fully saturated rings. The number of hydrogen-bond donors (Lipinski definition) is 1. The number of hydrogen-bond acceptors (Lipinski definition) is 2. The van der Waals surface area contributed by atoms with Gasteiger partial charge in [0.1, 0.15) is 5.82 Å². The summed E-state index contributed by atoms with van der Waals surface area (Å²) in [6.07, 6.45) is 1.10. The maximum atomic E-state index is 13.0. The van der Waals surface area contributed by atoms with Gasteiger partial charge in [-0.25, -0.2) is 4.39 Å². The summed E-state index contributed by atoms with van der Waals surface area (Å²) in [7, 11) is 0. The Morgan fingerprint density at radius 2 is 1.84 bits per heavy atom. The quantitative estimate of drug-likeness (QED) is 0.817. The summed E-state index contributed by atoms with van der Waals surface area (Å²) in [5.41, 5.74) is 7.09. The Balaban J connectivity index is 2.83. The minimum atomic E-state index is -0.180. The van der Waals surface area contributed by atoms with Crippen molar-refractivity contribution in [2.75, 3.05) is 19.6 Å². The zero-order valence-corrected chi connectivity index (χ0v) is 12.6. The summed E-state index contributed by atoms with van der Waals surface area (Å²) in [6.45, 7) is 11.4. The molecule has 0 aromatic heterocycles. The highest BCUT2D eigenvalue weighted by Crippen LogP contribution is 2.25. The summed E-state index contributed by atoms with van der Waals surface area (Å²) in [5.74, 6) is -0.180. The molecule has 0 spiro atoms. The molecular weight excluding hydrogens is 239 g/mol. The number of halogens is 1. The Morgan fingerprint density at radius 1 is 1.26 bits per heavy atom. The number of benzene rings is 1. The molecule has 2 nitrogen and oxygen atoms in total. The third-order valence-corrected chi connectivity index (χ3v) is 3.59. The van der Waals surface area contributed by atoms with Gasteiger partial charge in [0, 0.05) is 12.6 Å². The molecule has 2 N–H and O–H groups in total. The average Bonchev–Trinajstić information content (AvgIpc) is 2.38. The molecule has 0 heterocycles. The fourth-order valence-electron chi connectivity index (χ4n) is 2.26. The topological polar surface area (TPSA) is 29.3 Å². The van der Waals surface area contributed by atoms with Crippen LogP contribution in [-0.2, 0) is 0 Å². The van der Waals surface area contributed by atoms with Crippen LogP contribution in [0.4, 0.5) is 4.39 Å². The molecule has 0 aliphatic heterocycles. The van der Waals surface area contributed by atoms with Gasteiger partial charge in [0.05, 0.1) is 0 Å². The molecule has 0 aliphatic rings. The van der Waals surface area contributed by atoms with Crippen molar-refractivity contribution in [3.63, 3.8) is 0 Å². The molecule has 0 amide bonds. The largest absolute Gasteiger partial charge is 0.330 e. The van der Waals surface area contributed by atoms with Crippen LogP contribution in [0, 0.1) is 11.2 Å². The van der Waals surface area contributed by atoms with Gasteiger partial charge in [0.15, 0.2) is 0 Å². The normalized spacial score (nSPS) is 13.8. The van der Waals surface area contributed by atoms with E-state index in [2.05, 4.69) is 32.6 Å². The maximum absolute atomic E-state index is 13.0. The highest BCUT2D eigenvalue weighted by Gasteiger charge is 2.23. The van der Waals surface area contributed by atoms with E-state index in [1.54, 1.807) is 0 Å². The second-order valence-corrected chi connectivity index (χ2v) is 6.07. The van der Waals surface area contributed by atoms with Crippen molar-refractivity contribution < 1.29 is 4.39 Å². The van der Waals surface area contributed by atoms with Crippen molar-refractivity contribution in [1.29, 1.82) is 0 Å². The van der Waals surface area contributed by atoms with E-state index in [1.807, 2.05) is 12.1 Å². The molecule has 108 valence electrons. The third-order valence-electron chi connectivity index (χ3n) is 3.59. The van der Waals surface area contributed by atoms with E-state index >= 15 is 0 Å². The summed E-state index contributed by atoms with van der Waals surface area (Å²) >= 11 is 0. The van der Waals surface area contributed by atoms with Gasteiger partial charge < -0.3 is 5.73 Å². The summed E-state index contributed by atoms with van der Waals surface area (Å²) in [4.78, 5) is 2.43. The van der Waals surface area contributed by atoms with Gasteiger partial charge in [-0.2, -0.15) is 0 Å². The van der Waals surface area contributed by atoms with Crippen molar-refractivity contribution in [2.45, 2.75) is 40.2 Å². The number of nitrogens with two attached hydrogens (primary N) is 1. The van der Waals surface area contributed by atoms with Crippen LogP contribution < -0.4 is 5.73 Å². The lowest BCUT2D eigenvalue weighted by Crippen LogP contribution is -2.40. The Kier molecular flexibility index (Phi) is 5.95. The zero-order chi connectivity index (χ0) is 14.5. The van der Waals surface area contributed by atoms with Gasteiger partial charge in [-0.3, -0.25) is 4.90 Å². The minimum Gasteiger partial charge on any atom is -0.330 e. The molecular formula is C16H27FN2. The fraction of sp³-hybridized carbons (Fsp3) is 0.625. The molecule has 0 radical (unpaired) electrons. The average molecular weight is 266 g/mol. The monoisotopic (exact) mass is 266 g/mol.